The molecule has 1 fully saturated rings. The molecule has 5 nitrogen and oxygen atoms in total. The van der Waals surface area contributed by atoms with Crippen molar-refractivity contribution in [2.24, 2.45) is 0 Å². The average molecular weight is 365 g/mol. The Morgan fingerprint density at radius 1 is 1.00 bits per heavy atom. The number of benzene rings is 2. The number of methoxy groups -OCH3 is 1. The summed E-state index contributed by atoms with van der Waals surface area (Å²) in [5.74, 6) is -0.356. The van der Waals surface area contributed by atoms with E-state index in [2.05, 4.69) is 24.3 Å². The number of carbonyl (C=O) groups is 2. The van der Waals surface area contributed by atoms with Gasteiger partial charge in [0.1, 0.15) is 12.6 Å². The molecule has 1 aliphatic carbocycles. The van der Waals surface area contributed by atoms with E-state index in [-0.39, 0.29) is 18.5 Å². The van der Waals surface area contributed by atoms with E-state index < -0.39 is 12.1 Å². The first-order chi connectivity index (χ1) is 13.2. The van der Waals surface area contributed by atoms with Gasteiger partial charge in [0, 0.05) is 12.5 Å². The fraction of sp³-hybridized carbons (Fsp3) is 0.364. The van der Waals surface area contributed by atoms with Crippen LogP contribution in [0.5, 0.6) is 0 Å². The molecule has 0 N–H and O–H groups in total. The van der Waals surface area contributed by atoms with E-state index in [1.54, 1.807) is 0 Å². The van der Waals surface area contributed by atoms with Crippen molar-refractivity contribution in [3.63, 3.8) is 0 Å². The molecular formula is C22H23NO4. The average Bonchev–Trinajstić information content (AvgIpc) is 3.05. The monoisotopic (exact) mass is 365 g/mol. The topological polar surface area (TPSA) is 55.8 Å². The second kappa shape index (κ2) is 7.43. The van der Waals surface area contributed by atoms with Gasteiger partial charge in [-0.05, 0) is 41.5 Å². The highest BCUT2D eigenvalue weighted by Crippen LogP contribution is 2.44. The van der Waals surface area contributed by atoms with Gasteiger partial charge in [-0.1, -0.05) is 48.5 Å². The number of hydrogen-bond acceptors (Lipinski definition) is 4. The Bertz CT molecular complexity index is 817. The van der Waals surface area contributed by atoms with Gasteiger partial charge in [0.15, 0.2) is 0 Å². The Morgan fingerprint density at radius 2 is 1.63 bits per heavy atom. The molecule has 27 heavy (non-hydrogen) atoms. The molecule has 2 aromatic carbocycles. The minimum atomic E-state index is -0.542. The number of fused-ring (bicyclic) bond motifs is 3. The first-order valence-corrected chi connectivity index (χ1v) is 9.40. The molecule has 2 aromatic rings. The van der Waals surface area contributed by atoms with Crippen LogP contribution >= 0.6 is 0 Å². The number of amides is 1. The summed E-state index contributed by atoms with van der Waals surface area (Å²) < 4.78 is 10.5. The van der Waals surface area contributed by atoms with Crippen molar-refractivity contribution in [1.29, 1.82) is 0 Å². The predicted octanol–water partition coefficient (Wildman–Crippen LogP) is 3.96. The van der Waals surface area contributed by atoms with Crippen LogP contribution < -0.4 is 0 Å². The molecule has 0 spiro atoms. The summed E-state index contributed by atoms with van der Waals surface area (Å²) in [6.07, 6.45) is 1.97. The largest absolute Gasteiger partial charge is 0.467 e. The van der Waals surface area contributed by atoms with Crippen molar-refractivity contribution in [2.75, 3.05) is 20.3 Å². The highest BCUT2D eigenvalue weighted by atomic mass is 16.6. The number of likely N-dealkylation sites (tertiary alicyclic amines) is 1. The number of esters is 1. The summed E-state index contributed by atoms with van der Waals surface area (Å²) in [6.45, 7) is 0.785. The fourth-order valence-corrected chi connectivity index (χ4v) is 4.21. The Hall–Kier alpha value is -2.82. The Morgan fingerprint density at radius 3 is 2.26 bits per heavy atom. The lowest BCUT2D eigenvalue weighted by atomic mass is 9.98. The van der Waals surface area contributed by atoms with Gasteiger partial charge in [0.2, 0.25) is 0 Å². The van der Waals surface area contributed by atoms with Gasteiger partial charge < -0.3 is 9.47 Å². The van der Waals surface area contributed by atoms with Crippen LogP contribution in [0.3, 0.4) is 0 Å². The van der Waals surface area contributed by atoms with Gasteiger partial charge in [0.25, 0.3) is 0 Å². The normalized spacial score (nSPS) is 18.6. The van der Waals surface area contributed by atoms with Gasteiger partial charge >= 0.3 is 12.1 Å². The van der Waals surface area contributed by atoms with Crippen molar-refractivity contribution in [3.05, 3.63) is 59.7 Å². The van der Waals surface area contributed by atoms with E-state index in [0.29, 0.717) is 13.0 Å². The predicted molar refractivity (Wildman–Crippen MR) is 101 cm³/mol. The van der Waals surface area contributed by atoms with E-state index in [1.165, 1.54) is 34.3 Å². The van der Waals surface area contributed by atoms with Crippen molar-refractivity contribution < 1.29 is 19.1 Å². The van der Waals surface area contributed by atoms with Crippen molar-refractivity contribution >= 4 is 12.1 Å². The summed E-state index contributed by atoms with van der Waals surface area (Å²) in [6, 6.07) is 15.9. The molecule has 1 heterocycles. The van der Waals surface area contributed by atoms with E-state index >= 15 is 0 Å². The molecule has 0 saturated carbocycles. The van der Waals surface area contributed by atoms with E-state index in [0.717, 1.165) is 12.8 Å². The highest BCUT2D eigenvalue weighted by molar-refractivity contribution is 5.82. The number of ether oxygens (including phenoxy) is 2. The zero-order chi connectivity index (χ0) is 18.8. The Labute approximate surface area is 158 Å². The third-order valence-corrected chi connectivity index (χ3v) is 5.55. The molecule has 2 aliphatic rings. The summed E-state index contributed by atoms with van der Waals surface area (Å²) in [4.78, 5) is 26.2. The summed E-state index contributed by atoms with van der Waals surface area (Å²) in [5.41, 5.74) is 4.74. The Kier molecular flexibility index (Phi) is 4.84. The van der Waals surface area contributed by atoms with Crippen LogP contribution in [0.4, 0.5) is 4.79 Å². The lowest BCUT2D eigenvalue weighted by molar-refractivity contribution is -0.147. The molecule has 140 valence electrons. The van der Waals surface area contributed by atoms with Gasteiger partial charge in [-0.15, -0.1) is 0 Å². The van der Waals surface area contributed by atoms with Crippen LogP contribution in [-0.2, 0) is 14.3 Å². The first kappa shape index (κ1) is 17.6. The van der Waals surface area contributed by atoms with Gasteiger partial charge in [-0.3, -0.25) is 4.90 Å². The number of piperidine rings is 1. The van der Waals surface area contributed by atoms with Crippen LogP contribution in [0.1, 0.15) is 36.3 Å². The minimum Gasteiger partial charge on any atom is -0.467 e. The number of nitrogens with zero attached hydrogens (tertiary/aromatic N) is 1. The Balaban J connectivity index is 1.51. The molecule has 0 bridgehead atoms. The fourth-order valence-electron chi connectivity index (χ4n) is 4.21. The van der Waals surface area contributed by atoms with Gasteiger partial charge in [0.05, 0.1) is 7.11 Å². The van der Waals surface area contributed by atoms with Gasteiger partial charge in [-0.25, -0.2) is 9.59 Å². The maximum absolute atomic E-state index is 12.7. The van der Waals surface area contributed by atoms with E-state index in [4.69, 9.17) is 9.47 Å². The van der Waals surface area contributed by atoms with Crippen LogP contribution in [0, 0.1) is 0 Å². The second-order valence-corrected chi connectivity index (χ2v) is 7.03. The summed E-state index contributed by atoms with van der Waals surface area (Å²) in [7, 11) is 1.35. The van der Waals surface area contributed by atoms with Crippen molar-refractivity contribution in [1.82, 2.24) is 4.90 Å². The van der Waals surface area contributed by atoms with E-state index in [1.807, 2.05) is 24.3 Å². The zero-order valence-electron chi connectivity index (χ0n) is 15.4. The van der Waals surface area contributed by atoms with Crippen LogP contribution in [0.2, 0.25) is 0 Å². The van der Waals surface area contributed by atoms with Crippen LogP contribution in [0.15, 0.2) is 48.5 Å². The lowest BCUT2D eigenvalue weighted by Crippen LogP contribution is -2.48. The van der Waals surface area contributed by atoms with Crippen molar-refractivity contribution in [3.8, 4) is 11.1 Å². The molecule has 1 amide bonds. The molecule has 1 aliphatic heterocycles. The summed E-state index contributed by atoms with van der Waals surface area (Å²) in [5, 5.41) is 0. The third kappa shape index (κ3) is 3.18. The quantitative estimate of drug-likeness (QED) is 0.773. The number of rotatable bonds is 3. The molecule has 1 saturated heterocycles. The molecule has 1 atom stereocenters. The smallest absolute Gasteiger partial charge is 0.410 e. The maximum atomic E-state index is 12.7. The molecular weight excluding hydrogens is 342 g/mol. The molecule has 5 heteroatoms. The highest BCUT2D eigenvalue weighted by Gasteiger charge is 2.35. The lowest BCUT2D eigenvalue weighted by Gasteiger charge is -2.33. The number of carbonyl (C=O) groups excluding carboxylic acids is 2. The van der Waals surface area contributed by atoms with Crippen LogP contribution in [-0.4, -0.2) is 43.3 Å². The number of hydrogen-bond donors (Lipinski definition) is 0. The SMILES string of the molecule is COC(=O)[C@H]1CCCCN1C(=O)OCC1c2ccccc2-c2ccccc21. The van der Waals surface area contributed by atoms with Crippen molar-refractivity contribution in [2.45, 2.75) is 31.2 Å². The molecule has 4 rings (SSSR count). The standard InChI is InChI=1S/C22H23NO4/c1-26-21(24)20-12-6-7-13-23(20)22(25)27-14-19-17-10-4-2-8-15(17)16-9-3-5-11-18(16)19/h2-5,8-11,19-20H,6-7,12-14H2,1H3/t20-/m1/s1. The minimum absolute atomic E-state index is 0.0164. The molecule has 0 unspecified atom stereocenters. The molecule has 0 radical (unpaired) electrons. The third-order valence-electron chi connectivity index (χ3n) is 5.55. The van der Waals surface area contributed by atoms with Crippen LogP contribution in [0.25, 0.3) is 11.1 Å². The first-order valence-electron chi connectivity index (χ1n) is 9.40. The molecule has 0 aromatic heterocycles. The van der Waals surface area contributed by atoms with E-state index in [9.17, 15) is 9.59 Å². The zero-order valence-corrected chi connectivity index (χ0v) is 15.4. The summed E-state index contributed by atoms with van der Waals surface area (Å²) >= 11 is 0. The van der Waals surface area contributed by atoms with Gasteiger partial charge in [-0.2, -0.15) is 0 Å². The second-order valence-electron chi connectivity index (χ2n) is 7.03. The maximum Gasteiger partial charge on any atom is 0.410 e.